The lowest BCUT2D eigenvalue weighted by atomic mass is 9.98. The summed E-state index contributed by atoms with van der Waals surface area (Å²) in [5, 5.41) is 4.77. The first-order valence-electron chi connectivity index (χ1n) is 5.00. The van der Waals surface area contributed by atoms with Gasteiger partial charge < -0.3 is 15.4 Å². The van der Waals surface area contributed by atoms with Gasteiger partial charge in [-0.2, -0.15) is 0 Å². The average Bonchev–Trinajstić information content (AvgIpc) is 2.18. The minimum absolute atomic E-state index is 0.0106. The van der Waals surface area contributed by atoms with Crippen LogP contribution in [0.3, 0.4) is 0 Å². The lowest BCUT2D eigenvalue weighted by molar-refractivity contribution is 0.0416. The Morgan fingerprint density at radius 3 is 2.93 bits per heavy atom. The van der Waals surface area contributed by atoms with E-state index in [2.05, 4.69) is 10.6 Å². The van der Waals surface area contributed by atoms with Crippen molar-refractivity contribution in [2.45, 2.75) is 25.8 Å². The lowest BCUT2D eigenvalue weighted by Gasteiger charge is -2.29. The lowest BCUT2D eigenvalue weighted by Crippen LogP contribution is -2.49. The number of amides is 2. The number of alkyl halides is 2. The van der Waals surface area contributed by atoms with Crippen molar-refractivity contribution in [3.05, 3.63) is 0 Å². The predicted octanol–water partition coefficient (Wildman–Crippen LogP) is 0.976. The quantitative estimate of drug-likeness (QED) is 0.747. The van der Waals surface area contributed by atoms with E-state index in [4.69, 9.17) is 4.74 Å². The summed E-state index contributed by atoms with van der Waals surface area (Å²) < 4.78 is 28.8. The molecule has 1 heterocycles. The Morgan fingerprint density at radius 1 is 1.60 bits per heavy atom. The third kappa shape index (κ3) is 4.42. The van der Waals surface area contributed by atoms with Crippen molar-refractivity contribution >= 4 is 6.03 Å². The molecule has 2 N–H and O–H groups in total. The molecule has 1 saturated heterocycles. The molecule has 6 heteroatoms. The van der Waals surface area contributed by atoms with Crippen LogP contribution in [0.15, 0.2) is 0 Å². The van der Waals surface area contributed by atoms with Crippen molar-refractivity contribution in [1.29, 1.82) is 0 Å². The molecule has 0 bridgehead atoms. The fourth-order valence-electron chi connectivity index (χ4n) is 1.48. The molecule has 1 aliphatic rings. The molecule has 1 fully saturated rings. The van der Waals surface area contributed by atoms with Crippen LogP contribution in [0.4, 0.5) is 13.6 Å². The molecule has 4 nitrogen and oxygen atoms in total. The van der Waals surface area contributed by atoms with Crippen molar-refractivity contribution < 1.29 is 18.3 Å². The molecule has 2 atom stereocenters. The molecule has 0 saturated carbocycles. The summed E-state index contributed by atoms with van der Waals surface area (Å²) in [5.74, 6) is 0.219. The molecule has 0 aromatic carbocycles. The van der Waals surface area contributed by atoms with Crippen LogP contribution in [-0.2, 0) is 4.74 Å². The number of hydrogen-bond donors (Lipinski definition) is 2. The zero-order valence-corrected chi connectivity index (χ0v) is 8.63. The Labute approximate surface area is 87.4 Å². The van der Waals surface area contributed by atoms with Gasteiger partial charge in [0.05, 0.1) is 13.2 Å². The van der Waals surface area contributed by atoms with Gasteiger partial charge >= 0.3 is 6.03 Å². The first kappa shape index (κ1) is 12.2. The zero-order valence-electron chi connectivity index (χ0n) is 8.63. The first-order valence-corrected chi connectivity index (χ1v) is 5.00. The summed E-state index contributed by atoms with van der Waals surface area (Å²) in [6.07, 6.45) is -1.79. The molecule has 0 aromatic rings. The molecule has 0 aliphatic carbocycles. The van der Waals surface area contributed by atoms with Gasteiger partial charge in [0.2, 0.25) is 0 Å². The van der Waals surface area contributed by atoms with Crippen molar-refractivity contribution in [1.82, 2.24) is 10.6 Å². The number of hydrogen-bond acceptors (Lipinski definition) is 2. The van der Waals surface area contributed by atoms with Crippen LogP contribution in [0.25, 0.3) is 0 Å². The second-order valence-electron chi connectivity index (χ2n) is 3.69. The molecular formula is C9H16F2N2O2. The van der Waals surface area contributed by atoms with E-state index in [1.54, 1.807) is 0 Å². The Hall–Kier alpha value is -0.910. The van der Waals surface area contributed by atoms with Crippen LogP contribution in [-0.4, -0.2) is 38.3 Å². The summed E-state index contributed by atoms with van der Waals surface area (Å²) in [4.78, 5) is 11.2. The van der Waals surface area contributed by atoms with Gasteiger partial charge in [-0.25, -0.2) is 13.6 Å². The molecule has 0 spiro atoms. The number of ether oxygens (including phenoxy) is 1. The maximum atomic E-state index is 11.8. The largest absolute Gasteiger partial charge is 0.381 e. The van der Waals surface area contributed by atoms with Gasteiger partial charge in [0.1, 0.15) is 0 Å². The number of urea groups is 1. The molecule has 0 radical (unpaired) electrons. The van der Waals surface area contributed by atoms with Crippen molar-refractivity contribution in [2.24, 2.45) is 5.92 Å². The topological polar surface area (TPSA) is 50.4 Å². The second kappa shape index (κ2) is 5.85. The number of halogens is 2. The van der Waals surface area contributed by atoms with Gasteiger partial charge in [-0.05, 0) is 12.3 Å². The summed E-state index contributed by atoms with van der Waals surface area (Å²) in [5.41, 5.74) is 0. The van der Waals surface area contributed by atoms with Crippen LogP contribution in [0.2, 0.25) is 0 Å². The maximum absolute atomic E-state index is 11.8. The molecule has 0 aromatic heterocycles. The second-order valence-corrected chi connectivity index (χ2v) is 3.69. The van der Waals surface area contributed by atoms with Crippen molar-refractivity contribution in [3.63, 3.8) is 0 Å². The Bertz CT molecular complexity index is 214. The summed E-state index contributed by atoms with van der Waals surface area (Å²) in [6.45, 7) is 2.55. The monoisotopic (exact) mass is 222 g/mol. The fourth-order valence-corrected chi connectivity index (χ4v) is 1.48. The molecule has 1 rings (SSSR count). The average molecular weight is 222 g/mol. The van der Waals surface area contributed by atoms with E-state index in [-0.39, 0.29) is 12.0 Å². The third-order valence-corrected chi connectivity index (χ3v) is 2.37. The molecule has 15 heavy (non-hydrogen) atoms. The van der Waals surface area contributed by atoms with E-state index in [1.807, 2.05) is 6.92 Å². The molecular weight excluding hydrogens is 206 g/mol. The predicted molar refractivity (Wildman–Crippen MR) is 50.9 cm³/mol. The van der Waals surface area contributed by atoms with Crippen LogP contribution >= 0.6 is 0 Å². The van der Waals surface area contributed by atoms with Gasteiger partial charge in [-0.15, -0.1) is 0 Å². The standard InChI is InChI=1S/C9H16F2N2O2/c1-6-5-15-3-2-7(6)13-9(14)12-4-8(10)11/h6-8H,2-5H2,1H3,(H2,12,13,14). The van der Waals surface area contributed by atoms with E-state index >= 15 is 0 Å². The Balaban J connectivity index is 2.24. The SMILES string of the molecule is CC1COCCC1NC(=O)NCC(F)F. The summed E-state index contributed by atoms with van der Waals surface area (Å²) in [7, 11) is 0. The zero-order chi connectivity index (χ0) is 11.3. The highest BCUT2D eigenvalue weighted by Gasteiger charge is 2.23. The minimum Gasteiger partial charge on any atom is -0.381 e. The van der Waals surface area contributed by atoms with Gasteiger partial charge in [0, 0.05) is 12.6 Å². The highest BCUT2D eigenvalue weighted by Crippen LogP contribution is 2.13. The van der Waals surface area contributed by atoms with Crippen LogP contribution in [0, 0.1) is 5.92 Å². The normalized spacial score (nSPS) is 26.4. The fraction of sp³-hybridized carbons (Fsp3) is 0.889. The number of rotatable bonds is 3. The maximum Gasteiger partial charge on any atom is 0.315 e. The van der Waals surface area contributed by atoms with Crippen molar-refractivity contribution in [2.75, 3.05) is 19.8 Å². The van der Waals surface area contributed by atoms with E-state index < -0.39 is 19.0 Å². The van der Waals surface area contributed by atoms with E-state index in [0.717, 1.165) is 6.42 Å². The highest BCUT2D eigenvalue weighted by molar-refractivity contribution is 5.74. The van der Waals surface area contributed by atoms with E-state index in [9.17, 15) is 13.6 Å². The van der Waals surface area contributed by atoms with E-state index in [1.165, 1.54) is 0 Å². The number of nitrogens with one attached hydrogen (secondary N) is 2. The van der Waals surface area contributed by atoms with Gasteiger partial charge in [0.15, 0.2) is 0 Å². The van der Waals surface area contributed by atoms with Crippen LogP contribution in [0.1, 0.15) is 13.3 Å². The van der Waals surface area contributed by atoms with Gasteiger partial charge in [-0.3, -0.25) is 0 Å². The summed E-state index contributed by atoms with van der Waals surface area (Å²) >= 11 is 0. The molecule has 1 aliphatic heterocycles. The number of carbonyl (C=O) groups excluding carboxylic acids is 1. The highest BCUT2D eigenvalue weighted by atomic mass is 19.3. The third-order valence-electron chi connectivity index (χ3n) is 2.37. The molecule has 2 unspecified atom stereocenters. The van der Waals surface area contributed by atoms with Crippen LogP contribution in [0.5, 0.6) is 0 Å². The van der Waals surface area contributed by atoms with Crippen LogP contribution < -0.4 is 10.6 Å². The van der Waals surface area contributed by atoms with Gasteiger partial charge in [0.25, 0.3) is 6.43 Å². The minimum atomic E-state index is -2.51. The molecule has 2 amide bonds. The summed E-state index contributed by atoms with van der Waals surface area (Å²) in [6, 6.07) is -0.523. The van der Waals surface area contributed by atoms with Gasteiger partial charge in [-0.1, -0.05) is 6.92 Å². The Morgan fingerprint density at radius 2 is 2.33 bits per heavy atom. The molecule has 88 valence electrons. The van der Waals surface area contributed by atoms with E-state index in [0.29, 0.717) is 13.2 Å². The smallest absolute Gasteiger partial charge is 0.315 e. The van der Waals surface area contributed by atoms with Crippen molar-refractivity contribution in [3.8, 4) is 0 Å². The Kier molecular flexibility index (Phi) is 4.74. The number of carbonyl (C=O) groups is 1. The first-order chi connectivity index (χ1) is 7.09.